The highest BCUT2D eigenvalue weighted by Gasteiger charge is 2.42. The Balaban J connectivity index is 1.39. The number of nitro groups is 1. The van der Waals surface area contributed by atoms with Gasteiger partial charge in [0.25, 0.3) is 17.5 Å². The molecule has 0 radical (unpaired) electrons. The fourth-order valence-electron chi connectivity index (χ4n) is 4.23. The topological polar surface area (TPSA) is 85.0 Å². The fourth-order valence-corrected chi connectivity index (χ4v) is 4.23. The number of carbonyl (C=O) groups is 2. The monoisotopic (exact) mass is 380 g/mol. The summed E-state index contributed by atoms with van der Waals surface area (Å²) in [5, 5.41) is 11.2. The van der Waals surface area contributed by atoms with Crippen LogP contribution in [0.4, 0.5) is 5.69 Å². The molecule has 0 unspecified atom stereocenters. The Bertz CT molecular complexity index is 921. The van der Waals surface area contributed by atoms with Crippen molar-refractivity contribution in [2.45, 2.75) is 19.3 Å². The van der Waals surface area contributed by atoms with E-state index < -0.39 is 16.7 Å². The van der Waals surface area contributed by atoms with Gasteiger partial charge in [0, 0.05) is 6.07 Å². The predicted molar refractivity (Wildman–Crippen MR) is 102 cm³/mol. The van der Waals surface area contributed by atoms with Crippen LogP contribution in [0.15, 0.2) is 48.5 Å². The first-order valence-corrected chi connectivity index (χ1v) is 9.55. The predicted octanol–water partition coefficient (Wildman–Crippen LogP) is 1.69. The number of piperidine rings is 1. The van der Waals surface area contributed by atoms with E-state index in [0.29, 0.717) is 5.92 Å². The van der Waals surface area contributed by atoms with Crippen molar-refractivity contribution in [2.75, 3.05) is 19.8 Å². The minimum Gasteiger partial charge on any atom is -0.317 e. The SMILES string of the molecule is O=C1c2cccc([N+](=O)[O-])c2C(=O)N1C[NH+]1CCC(Cc2ccccc2)CC1. The minimum absolute atomic E-state index is 0.0733. The molecule has 0 spiro atoms. The third-order valence-corrected chi connectivity index (χ3v) is 5.73. The number of nitro benzene ring substituents is 1. The van der Waals surface area contributed by atoms with Crippen molar-refractivity contribution in [2.24, 2.45) is 5.92 Å². The van der Waals surface area contributed by atoms with Crippen molar-refractivity contribution in [3.8, 4) is 0 Å². The van der Waals surface area contributed by atoms with E-state index in [-0.39, 0.29) is 23.5 Å². The van der Waals surface area contributed by atoms with Crippen molar-refractivity contribution < 1.29 is 19.4 Å². The Hall–Kier alpha value is -3.06. The van der Waals surface area contributed by atoms with Crippen LogP contribution in [0, 0.1) is 16.0 Å². The Kier molecular flexibility index (Phi) is 4.92. The number of quaternary nitrogens is 1. The molecule has 0 atom stereocenters. The molecule has 1 fully saturated rings. The van der Waals surface area contributed by atoms with E-state index in [4.69, 9.17) is 0 Å². The maximum Gasteiger partial charge on any atom is 0.282 e. The molecule has 0 aliphatic carbocycles. The van der Waals surface area contributed by atoms with E-state index >= 15 is 0 Å². The average molecular weight is 380 g/mol. The number of nitrogens with zero attached hydrogens (tertiary/aromatic N) is 2. The molecular weight excluding hydrogens is 358 g/mol. The highest BCUT2D eigenvalue weighted by atomic mass is 16.6. The summed E-state index contributed by atoms with van der Waals surface area (Å²) in [5.41, 5.74) is 1.10. The van der Waals surface area contributed by atoms with Crippen LogP contribution in [-0.4, -0.2) is 41.4 Å². The standard InChI is InChI=1S/C21H21N3O4/c25-20-17-7-4-8-18(24(27)28)19(17)21(26)23(20)14-22-11-9-16(10-12-22)13-15-5-2-1-3-6-15/h1-8,16H,9-14H2/p+1. The number of nitrogens with one attached hydrogen (secondary N) is 1. The van der Waals surface area contributed by atoms with Crippen molar-refractivity contribution >= 4 is 17.5 Å². The summed E-state index contributed by atoms with van der Waals surface area (Å²) in [7, 11) is 0. The number of amides is 2. The van der Waals surface area contributed by atoms with Crippen molar-refractivity contribution in [1.29, 1.82) is 0 Å². The van der Waals surface area contributed by atoms with Gasteiger partial charge >= 0.3 is 0 Å². The van der Waals surface area contributed by atoms with Gasteiger partial charge in [-0.1, -0.05) is 36.4 Å². The molecule has 1 N–H and O–H groups in total. The molecule has 2 aromatic rings. The number of fused-ring (bicyclic) bond motifs is 1. The lowest BCUT2D eigenvalue weighted by atomic mass is 9.90. The van der Waals surface area contributed by atoms with E-state index in [9.17, 15) is 19.7 Å². The molecule has 144 valence electrons. The van der Waals surface area contributed by atoms with Gasteiger partial charge in [0.15, 0.2) is 6.67 Å². The minimum atomic E-state index is -0.602. The van der Waals surface area contributed by atoms with Gasteiger partial charge in [-0.2, -0.15) is 0 Å². The summed E-state index contributed by atoms with van der Waals surface area (Å²) in [6.45, 7) is 2.03. The number of hydrogen-bond donors (Lipinski definition) is 1. The normalized spacial score (nSPS) is 21.6. The fraction of sp³-hybridized carbons (Fsp3) is 0.333. The lowest BCUT2D eigenvalue weighted by Crippen LogP contribution is -3.14. The lowest BCUT2D eigenvalue weighted by molar-refractivity contribution is -0.913. The van der Waals surface area contributed by atoms with E-state index in [1.165, 1.54) is 33.6 Å². The number of hydrogen-bond acceptors (Lipinski definition) is 4. The van der Waals surface area contributed by atoms with E-state index in [1.54, 1.807) is 0 Å². The van der Waals surface area contributed by atoms with Crippen LogP contribution in [0.3, 0.4) is 0 Å². The maximum absolute atomic E-state index is 12.7. The number of carbonyl (C=O) groups excluding carboxylic acids is 2. The zero-order valence-corrected chi connectivity index (χ0v) is 15.5. The van der Waals surface area contributed by atoms with Crippen LogP contribution < -0.4 is 4.90 Å². The second-order valence-electron chi connectivity index (χ2n) is 7.54. The largest absolute Gasteiger partial charge is 0.317 e. The van der Waals surface area contributed by atoms with Crippen molar-refractivity contribution in [3.63, 3.8) is 0 Å². The quantitative estimate of drug-likeness (QED) is 0.486. The van der Waals surface area contributed by atoms with Gasteiger partial charge in [-0.05, 0) is 36.8 Å². The van der Waals surface area contributed by atoms with Crippen LogP contribution in [0.25, 0.3) is 0 Å². The van der Waals surface area contributed by atoms with Gasteiger partial charge in [0.2, 0.25) is 0 Å². The molecule has 2 heterocycles. The maximum atomic E-state index is 12.7. The van der Waals surface area contributed by atoms with Crippen molar-refractivity contribution in [1.82, 2.24) is 4.90 Å². The molecule has 2 amide bonds. The lowest BCUT2D eigenvalue weighted by Gasteiger charge is -2.31. The summed E-state index contributed by atoms with van der Waals surface area (Å²) in [6.07, 6.45) is 3.12. The number of rotatable bonds is 5. The van der Waals surface area contributed by atoms with Crippen LogP contribution in [-0.2, 0) is 6.42 Å². The molecule has 0 bridgehead atoms. The van der Waals surface area contributed by atoms with E-state index in [1.807, 2.05) is 6.07 Å². The first-order valence-electron chi connectivity index (χ1n) is 9.55. The third-order valence-electron chi connectivity index (χ3n) is 5.73. The highest BCUT2D eigenvalue weighted by Crippen LogP contribution is 2.30. The zero-order chi connectivity index (χ0) is 19.7. The molecule has 2 aliphatic heterocycles. The molecule has 4 rings (SSSR count). The Morgan fingerprint density at radius 1 is 1.00 bits per heavy atom. The molecule has 28 heavy (non-hydrogen) atoms. The molecule has 7 heteroatoms. The van der Waals surface area contributed by atoms with Crippen molar-refractivity contribution in [3.05, 3.63) is 75.3 Å². The van der Waals surface area contributed by atoms with Crippen LogP contribution >= 0.6 is 0 Å². The summed E-state index contributed by atoms with van der Waals surface area (Å²) < 4.78 is 0. The molecule has 0 aromatic heterocycles. The Morgan fingerprint density at radius 2 is 1.71 bits per heavy atom. The summed E-state index contributed by atoms with van der Waals surface area (Å²) >= 11 is 0. The first kappa shape index (κ1) is 18.3. The molecule has 0 saturated carbocycles. The Labute approximate surface area is 162 Å². The van der Waals surface area contributed by atoms with E-state index in [2.05, 4.69) is 24.3 Å². The van der Waals surface area contributed by atoms with Gasteiger partial charge in [-0.15, -0.1) is 0 Å². The number of likely N-dealkylation sites (tertiary alicyclic amines) is 1. The first-order chi connectivity index (χ1) is 13.5. The smallest absolute Gasteiger partial charge is 0.282 e. The van der Waals surface area contributed by atoms with Crippen LogP contribution in [0.2, 0.25) is 0 Å². The van der Waals surface area contributed by atoms with E-state index in [0.717, 1.165) is 32.4 Å². The number of imide groups is 1. The third kappa shape index (κ3) is 3.41. The average Bonchev–Trinajstić information content (AvgIpc) is 2.95. The molecule has 1 saturated heterocycles. The molecule has 2 aliphatic rings. The molecule has 7 nitrogen and oxygen atoms in total. The van der Waals surface area contributed by atoms with Gasteiger partial charge in [0.1, 0.15) is 5.56 Å². The van der Waals surface area contributed by atoms with Gasteiger partial charge in [-0.3, -0.25) is 19.7 Å². The number of benzene rings is 2. The van der Waals surface area contributed by atoms with Gasteiger partial charge < -0.3 is 4.90 Å². The molecular formula is C21H22N3O4+. The van der Waals surface area contributed by atoms with Gasteiger partial charge in [-0.25, -0.2) is 4.90 Å². The Morgan fingerprint density at radius 3 is 2.39 bits per heavy atom. The summed E-state index contributed by atoms with van der Waals surface area (Å²) in [6, 6.07) is 14.6. The summed E-state index contributed by atoms with van der Waals surface area (Å²) in [5.74, 6) is -0.372. The molecule has 2 aromatic carbocycles. The zero-order valence-electron chi connectivity index (χ0n) is 15.5. The second kappa shape index (κ2) is 7.52. The summed E-state index contributed by atoms with van der Waals surface area (Å²) in [4.78, 5) is 38.3. The highest BCUT2D eigenvalue weighted by molar-refractivity contribution is 6.23. The second-order valence-corrected chi connectivity index (χ2v) is 7.54. The van der Waals surface area contributed by atoms with Gasteiger partial charge in [0.05, 0.1) is 23.6 Å². The van der Waals surface area contributed by atoms with Crippen LogP contribution in [0.5, 0.6) is 0 Å². The van der Waals surface area contributed by atoms with Crippen LogP contribution in [0.1, 0.15) is 39.1 Å².